The Bertz CT molecular complexity index is 352. The summed E-state index contributed by atoms with van der Waals surface area (Å²) in [6.45, 7) is 5.76. The highest BCUT2D eigenvalue weighted by atomic mass is 35.5. The Kier molecular flexibility index (Phi) is 5.08. The van der Waals surface area contributed by atoms with Gasteiger partial charge >= 0.3 is 0 Å². The van der Waals surface area contributed by atoms with Crippen LogP contribution in [0.15, 0.2) is 24.3 Å². The minimum absolute atomic E-state index is 0.418. The molecule has 18 heavy (non-hydrogen) atoms. The van der Waals surface area contributed by atoms with Crippen molar-refractivity contribution in [1.29, 1.82) is 0 Å². The third-order valence-corrected chi connectivity index (χ3v) is 4.47. The first-order valence-electron chi connectivity index (χ1n) is 7.14. The van der Waals surface area contributed by atoms with E-state index in [0.29, 0.717) is 6.04 Å². The van der Waals surface area contributed by atoms with Crippen LogP contribution in [0.25, 0.3) is 0 Å². The lowest BCUT2D eigenvalue weighted by molar-refractivity contribution is 0.276. The van der Waals surface area contributed by atoms with E-state index in [-0.39, 0.29) is 0 Å². The van der Waals surface area contributed by atoms with E-state index in [1.165, 1.54) is 31.2 Å². The minimum Gasteiger partial charge on any atom is -0.310 e. The number of halogens is 1. The molecule has 1 fully saturated rings. The lowest BCUT2D eigenvalue weighted by Crippen LogP contribution is -2.28. The molecule has 1 aliphatic carbocycles. The van der Waals surface area contributed by atoms with E-state index in [0.717, 1.165) is 23.4 Å². The molecular formula is C16H24ClN. The molecular weight excluding hydrogens is 242 g/mol. The van der Waals surface area contributed by atoms with Crippen molar-refractivity contribution in [2.75, 3.05) is 6.54 Å². The highest BCUT2D eigenvalue weighted by molar-refractivity contribution is 6.30. The molecule has 0 heterocycles. The molecule has 1 saturated carbocycles. The zero-order valence-corrected chi connectivity index (χ0v) is 12.2. The van der Waals surface area contributed by atoms with Gasteiger partial charge in [0.2, 0.25) is 0 Å². The molecule has 2 rings (SSSR count). The smallest absolute Gasteiger partial charge is 0.0406 e. The zero-order chi connectivity index (χ0) is 13.0. The van der Waals surface area contributed by atoms with Crippen molar-refractivity contribution in [1.82, 2.24) is 5.32 Å². The number of nitrogens with one attached hydrogen (secondary N) is 1. The maximum absolute atomic E-state index is 5.91. The van der Waals surface area contributed by atoms with Crippen LogP contribution in [0.1, 0.15) is 51.1 Å². The third kappa shape index (κ3) is 4.00. The van der Waals surface area contributed by atoms with Crippen LogP contribution in [-0.4, -0.2) is 6.54 Å². The number of hydrogen-bond donors (Lipinski definition) is 1. The Morgan fingerprint density at radius 3 is 2.39 bits per heavy atom. The third-order valence-electron chi connectivity index (χ3n) is 4.22. The molecule has 100 valence electrons. The average Bonchev–Trinajstić information content (AvgIpc) is 2.38. The van der Waals surface area contributed by atoms with Crippen LogP contribution < -0.4 is 5.32 Å². The average molecular weight is 266 g/mol. The van der Waals surface area contributed by atoms with Gasteiger partial charge in [-0.2, -0.15) is 0 Å². The van der Waals surface area contributed by atoms with E-state index in [4.69, 9.17) is 11.6 Å². The van der Waals surface area contributed by atoms with Crippen LogP contribution in [0.5, 0.6) is 0 Å². The first kappa shape index (κ1) is 13.9. The van der Waals surface area contributed by atoms with Gasteiger partial charge in [0.05, 0.1) is 0 Å². The van der Waals surface area contributed by atoms with Gasteiger partial charge in [-0.25, -0.2) is 0 Å². The monoisotopic (exact) mass is 265 g/mol. The topological polar surface area (TPSA) is 12.0 Å². The van der Waals surface area contributed by atoms with Gasteiger partial charge in [0.1, 0.15) is 0 Å². The largest absolute Gasteiger partial charge is 0.310 e. The Morgan fingerprint density at radius 2 is 1.78 bits per heavy atom. The quantitative estimate of drug-likeness (QED) is 0.823. The van der Waals surface area contributed by atoms with Crippen LogP contribution in [0, 0.1) is 11.8 Å². The standard InChI is InChI=1S/C16H24ClN/c1-12-3-5-14(6-4-12)11-18-13(2)15-7-9-16(17)10-8-15/h7-10,12-14,18H,3-6,11H2,1-2H3/t12?,13-,14?/m0/s1. The van der Waals surface area contributed by atoms with Crippen LogP contribution in [0.2, 0.25) is 5.02 Å². The van der Waals surface area contributed by atoms with Crippen molar-refractivity contribution in [3.05, 3.63) is 34.9 Å². The normalized spacial score (nSPS) is 25.9. The molecule has 0 aromatic heterocycles. The van der Waals surface area contributed by atoms with Gasteiger partial charge in [-0.05, 0) is 55.8 Å². The Labute approximate surface area is 116 Å². The maximum atomic E-state index is 5.91. The highest BCUT2D eigenvalue weighted by Gasteiger charge is 2.18. The zero-order valence-electron chi connectivity index (χ0n) is 11.5. The van der Waals surface area contributed by atoms with Crippen molar-refractivity contribution >= 4 is 11.6 Å². The molecule has 0 radical (unpaired) electrons. The highest BCUT2D eigenvalue weighted by Crippen LogP contribution is 2.28. The van der Waals surface area contributed by atoms with Gasteiger partial charge in [-0.1, -0.05) is 43.5 Å². The molecule has 0 bridgehead atoms. The van der Waals surface area contributed by atoms with E-state index in [2.05, 4.69) is 31.3 Å². The summed E-state index contributed by atoms with van der Waals surface area (Å²) in [5.41, 5.74) is 1.32. The van der Waals surface area contributed by atoms with Gasteiger partial charge in [0.25, 0.3) is 0 Å². The summed E-state index contributed by atoms with van der Waals surface area (Å²) in [5, 5.41) is 4.47. The fourth-order valence-electron chi connectivity index (χ4n) is 2.75. The number of hydrogen-bond acceptors (Lipinski definition) is 1. The van der Waals surface area contributed by atoms with Crippen molar-refractivity contribution in [2.45, 2.75) is 45.6 Å². The fourth-order valence-corrected chi connectivity index (χ4v) is 2.87. The molecule has 0 unspecified atom stereocenters. The van der Waals surface area contributed by atoms with E-state index >= 15 is 0 Å². The molecule has 2 heteroatoms. The van der Waals surface area contributed by atoms with E-state index < -0.39 is 0 Å². The predicted molar refractivity (Wildman–Crippen MR) is 79.0 cm³/mol. The Morgan fingerprint density at radius 1 is 1.17 bits per heavy atom. The van der Waals surface area contributed by atoms with Gasteiger partial charge < -0.3 is 5.32 Å². The SMILES string of the molecule is CC1CCC(CN[C@@H](C)c2ccc(Cl)cc2)CC1. The molecule has 1 nitrogen and oxygen atoms in total. The van der Waals surface area contributed by atoms with Gasteiger partial charge in [-0.15, -0.1) is 0 Å². The molecule has 1 aromatic carbocycles. The summed E-state index contributed by atoms with van der Waals surface area (Å²) < 4.78 is 0. The molecule has 0 aliphatic heterocycles. The lowest BCUT2D eigenvalue weighted by atomic mass is 9.83. The van der Waals surface area contributed by atoms with E-state index in [1.807, 2.05) is 12.1 Å². The molecule has 1 aromatic rings. The molecule has 1 N–H and O–H groups in total. The van der Waals surface area contributed by atoms with Crippen molar-refractivity contribution in [2.24, 2.45) is 11.8 Å². The second-order valence-electron chi connectivity index (χ2n) is 5.81. The minimum atomic E-state index is 0.418. The van der Waals surface area contributed by atoms with E-state index in [1.54, 1.807) is 0 Å². The Hall–Kier alpha value is -0.530. The summed E-state index contributed by atoms with van der Waals surface area (Å²) in [6.07, 6.45) is 5.59. The maximum Gasteiger partial charge on any atom is 0.0406 e. The molecule has 0 spiro atoms. The van der Waals surface area contributed by atoms with Crippen LogP contribution in [-0.2, 0) is 0 Å². The second kappa shape index (κ2) is 6.58. The lowest BCUT2D eigenvalue weighted by Gasteiger charge is -2.27. The summed E-state index contributed by atoms with van der Waals surface area (Å²) >= 11 is 5.91. The summed E-state index contributed by atoms with van der Waals surface area (Å²) in [6, 6.07) is 8.59. The molecule has 1 atom stereocenters. The molecule has 1 aliphatic rings. The fraction of sp³-hybridized carbons (Fsp3) is 0.625. The number of benzene rings is 1. The molecule has 0 amide bonds. The first-order valence-corrected chi connectivity index (χ1v) is 7.52. The van der Waals surface area contributed by atoms with Gasteiger partial charge in [-0.3, -0.25) is 0 Å². The van der Waals surface area contributed by atoms with Crippen molar-refractivity contribution in [3.63, 3.8) is 0 Å². The van der Waals surface area contributed by atoms with Crippen LogP contribution in [0.4, 0.5) is 0 Å². The van der Waals surface area contributed by atoms with Gasteiger partial charge in [0.15, 0.2) is 0 Å². The van der Waals surface area contributed by atoms with Crippen molar-refractivity contribution < 1.29 is 0 Å². The Balaban J connectivity index is 1.77. The summed E-state index contributed by atoms with van der Waals surface area (Å²) in [4.78, 5) is 0. The number of rotatable bonds is 4. The van der Waals surface area contributed by atoms with Crippen LogP contribution in [0.3, 0.4) is 0 Å². The summed E-state index contributed by atoms with van der Waals surface area (Å²) in [5.74, 6) is 1.81. The van der Waals surface area contributed by atoms with E-state index in [9.17, 15) is 0 Å². The first-order chi connectivity index (χ1) is 8.65. The van der Waals surface area contributed by atoms with Crippen LogP contribution >= 0.6 is 11.6 Å². The molecule has 0 saturated heterocycles. The van der Waals surface area contributed by atoms with Gasteiger partial charge in [0, 0.05) is 11.1 Å². The second-order valence-corrected chi connectivity index (χ2v) is 6.24. The summed E-state index contributed by atoms with van der Waals surface area (Å²) in [7, 11) is 0. The van der Waals surface area contributed by atoms with Crippen molar-refractivity contribution in [3.8, 4) is 0 Å². The predicted octanol–water partition coefficient (Wildman–Crippen LogP) is 4.82.